The van der Waals surface area contributed by atoms with Crippen LogP contribution in [0, 0.1) is 0 Å². The first kappa shape index (κ1) is 22.5. The van der Waals surface area contributed by atoms with Crippen molar-refractivity contribution in [2.24, 2.45) is 0 Å². The minimum absolute atomic E-state index is 0.0643. The Bertz CT molecular complexity index is 1100. The lowest BCUT2D eigenvalue weighted by atomic mass is 9.89. The summed E-state index contributed by atoms with van der Waals surface area (Å²) in [6.45, 7) is 0.331. The molecule has 0 aliphatic carbocycles. The van der Waals surface area contributed by atoms with Gasteiger partial charge in [-0.05, 0) is 18.2 Å². The molecule has 0 saturated carbocycles. The monoisotopic (exact) mass is 476 g/mol. The van der Waals surface area contributed by atoms with Gasteiger partial charge in [0.1, 0.15) is 35.9 Å². The summed E-state index contributed by atoms with van der Waals surface area (Å²) in [4.78, 5) is 11.3. The predicted molar refractivity (Wildman–Crippen MR) is 113 cm³/mol. The molecule has 0 spiro atoms. The van der Waals surface area contributed by atoms with Crippen molar-refractivity contribution in [3.05, 3.63) is 41.5 Å². The van der Waals surface area contributed by atoms with E-state index in [0.717, 1.165) is 11.1 Å². The quantitative estimate of drug-likeness (QED) is 0.479. The van der Waals surface area contributed by atoms with E-state index in [0.29, 0.717) is 29.6 Å². The summed E-state index contributed by atoms with van der Waals surface area (Å²) in [5, 5.41) is 39.2. The largest absolute Gasteiger partial charge is 0.493 e. The van der Waals surface area contributed by atoms with E-state index in [9.17, 15) is 25.2 Å². The van der Waals surface area contributed by atoms with Crippen molar-refractivity contribution in [2.75, 3.05) is 20.8 Å². The fourth-order valence-electron chi connectivity index (χ4n) is 4.57. The Hall–Kier alpha value is -3.25. The van der Waals surface area contributed by atoms with E-state index in [1.807, 2.05) is 12.1 Å². The molecule has 1 saturated heterocycles. The van der Waals surface area contributed by atoms with E-state index in [1.165, 1.54) is 0 Å². The molecule has 5 rings (SSSR count). The molecule has 2 aromatic rings. The number of aliphatic hydroxyl groups is 3. The van der Waals surface area contributed by atoms with Gasteiger partial charge in [-0.3, -0.25) is 0 Å². The molecule has 0 radical (unpaired) electrons. The number of carbonyl (C=O) groups is 1. The Labute approximate surface area is 194 Å². The van der Waals surface area contributed by atoms with Gasteiger partial charge < -0.3 is 48.8 Å². The number of methoxy groups -OCH3 is 2. The van der Waals surface area contributed by atoms with Gasteiger partial charge in [0.2, 0.25) is 12.0 Å². The molecule has 11 heteroatoms. The van der Waals surface area contributed by atoms with E-state index in [1.54, 1.807) is 32.4 Å². The summed E-state index contributed by atoms with van der Waals surface area (Å²) in [6.07, 6.45) is -8.83. The zero-order valence-electron chi connectivity index (χ0n) is 18.3. The number of rotatable bonds is 5. The lowest BCUT2D eigenvalue weighted by molar-refractivity contribution is -0.271. The van der Waals surface area contributed by atoms with Gasteiger partial charge in [0, 0.05) is 17.2 Å². The number of ether oxygens (including phenoxy) is 6. The minimum Gasteiger partial charge on any atom is -0.493 e. The lowest BCUT2D eigenvalue weighted by Crippen LogP contribution is -2.61. The van der Waals surface area contributed by atoms with E-state index in [-0.39, 0.29) is 17.8 Å². The van der Waals surface area contributed by atoms with E-state index in [4.69, 9.17) is 28.4 Å². The van der Waals surface area contributed by atoms with Gasteiger partial charge in [-0.1, -0.05) is 6.07 Å². The van der Waals surface area contributed by atoms with Crippen molar-refractivity contribution >= 4 is 5.97 Å². The van der Waals surface area contributed by atoms with E-state index in [2.05, 4.69) is 0 Å². The molecule has 4 N–H and O–H groups in total. The third-order valence-electron chi connectivity index (χ3n) is 6.32. The molecule has 7 atom stereocenters. The summed E-state index contributed by atoms with van der Waals surface area (Å²) in [6, 6.07) is 8.65. The van der Waals surface area contributed by atoms with Gasteiger partial charge in [0.05, 0.1) is 26.7 Å². The molecule has 3 heterocycles. The van der Waals surface area contributed by atoms with Crippen molar-refractivity contribution in [3.63, 3.8) is 0 Å². The van der Waals surface area contributed by atoms with Crippen LogP contribution in [-0.2, 0) is 9.53 Å². The van der Waals surface area contributed by atoms with Gasteiger partial charge in [-0.15, -0.1) is 0 Å². The first-order chi connectivity index (χ1) is 16.3. The van der Waals surface area contributed by atoms with Crippen molar-refractivity contribution in [2.45, 2.75) is 42.7 Å². The van der Waals surface area contributed by atoms with Crippen LogP contribution in [0.5, 0.6) is 28.7 Å². The third kappa shape index (κ3) is 3.48. The van der Waals surface area contributed by atoms with Crippen LogP contribution in [-0.4, -0.2) is 77.9 Å². The van der Waals surface area contributed by atoms with E-state index < -0.39 is 36.7 Å². The molecule has 11 nitrogen and oxygen atoms in total. The van der Waals surface area contributed by atoms with Gasteiger partial charge in [0.15, 0.2) is 17.6 Å². The Morgan fingerprint density at radius 2 is 1.76 bits per heavy atom. The van der Waals surface area contributed by atoms with Crippen LogP contribution < -0.4 is 23.7 Å². The second kappa shape index (κ2) is 8.51. The maximum atomic E-state index is 11.3. The summed E-state index contributed by atoms with van der Waals surface area (Å²) in [5.41, 5.74) is 1.71. The molecule has 2 unspecified atom stereocenters. The molecular weight excluding hydrogens is 452 g/mol. The predicted octanol–water partition coefficient (Wildman–Crippen LogP) is 0.584. The summed E-state index contributed by atoms with van der Waals surface area (Å²) in [7, 11) is 3.10. The molecule has 182 valence electrons. The molecular formula is C23H24O11. The Morgan fingerprint density at radius 3 is 2.47 bits per heavy atom. The van der Waals surface area contributed by atoms with Gasteiger partial charge in [-0.25, -0.2) is 4.79 Å². The SMILES string of the molecule is COc1ccc2c(c1OC)OC1c3ccc(O[C@@H]4O[C@H](C(=O)O)[C@@H](O)[C@H](O)[C@H]4O)cc3OCC21. The average Bonchev–Trinajstić information content (AvgIpc) is 3.22. The number of aliphatic carboxylic acids is 1. The Balaban J connectivity index is 1.39. The number of aliphatic hydroxyl groups excluding tert-OH is 3. The van der Waals surface area contributed by atoms with Gasteiger partial charge in [0.25, 0.3) is 0 Å². The number of benzene rings is 2. The van der Waals surface area contributed by atoms with Crippen LogP contribution in [0.25, 0.3) is 0 Å². The van der Waals surface area contributed by atoms with Crippen LogP contribution in [0.3, 0.4) is 0 Å². The Morgan fingerprint density at radius 1 is 1.00 bits per heavy atom. The molecule has 1 fully saturated rings. The lowest BCUT2D eigenvalue weighted by Gasteiger charge is -2.38. The van der Waals surface area contributed by atoms with Crippen molar-refractivity contribution < 1.29 is 53.6 Å². The summed E-state index contributed by atoms with van der Waals surface area (Å²) < 4.78 is 33.9. The molecule has 3 aliphatic heterocycles. The third-order valence-corrected chi connectivity index (χ3v) is 6.32. The maximum Gasteiger partial charge on any atom is 0.335 e. The number of hydrogen-bond acceptors (Lipinski definition) is 10. The number of hydrogen-bond donors (Lipinski definition) is 4. The zero-order valence-corrected chi connectivity index (χ0v) is 18.3. The van der Waals surface area contributed by atoms with Crippen LogP contribution in [0.1, 0.15) is 23.1 Å². The maximum absolute atomic E-state index is 11.3. The topological polar surface area (TPSA) is 153 Å². The van der Waals surface area contributed by atoms with Crippen LogP contribution >= 0.6 is 0 Å². The molecule has 34 heavy (non-hydrogen) atoms. The highest BCUT2D eigenvalue weighted by atomic mass is 16.7. The van der Waals surface area contributed by atoms with Crippen molar-refractivity contribution in [1.29, 1.82) is 0 Å². The van der Waals surface area contributed by atoms with Crippen molar-refractivity contribution in [1.82, 2.24) is 0 Å². The number of fused-ring (bicyclic) bond motifs is 5. The van der Waals surface area contributed by atoms with Crippen LogP contribution in [0.4, 0.5) is 0 Å². The molecule has 0 bridgehead atoms. The highest BCUT2D eigenvalue weighted by Crippen LogP contribution is 2.56. The van der Waals surface area contributed by atoms with Gasteiger partial charge in [-0.2, -0.15) is 0 Å². The first-order valence-electron chi connectivity index (χ1n) is 10.6. The summed E-state index contributed by atoms with van der Waals surface area (Å²) in [5.74, 6) is 0.805. The number of carboxylic acids is 1. The first-order valence-corrected chi connectivity index (χ1v) is 10.6. The van der Waals surface area contributed by atoms with Gasteiger partial charge >= 0.3 is 5.97 Å². The fourth-order valence-corrected chi connectivity index (χ4v) is 4.57. The smallest absolute Gasteiger partial charge is 0.335 e. The van der Waals surface area contributed by atoms with Crippen molar-refractivity contribution in [3.8, 4) is 28.7 Å². The fraction of sp³-hybridized carbons (Fsp3) is 0.435. The zero-order chi connectivity index (χ0) is 24.1. The van der Waals surface area contributed by atoms with Crippen LogP contribution in [0.15, 0.2) is 30.3 Å². The minimum atomic E-state index is -1.80. The van der Waals surface area contributed by atoms with Crippen LogP contribution in [0.2, 0.25) is 0 Å². The second-order valence-electron chi connectivity index (χ2n) is 8.23. The molecule has 2 aromatic carbocycles. The summed E-state index contributed by atoms with van der Waals surface area (Å²) >= 11 is 0. The number of carboxylic acid groups (broad SMARTS) is 1. The van der Waals surface area contributed by atoms with E-state index >= 15 is 0 Å². The molecule has 3 aliphatic rings. The molecule has 0 amide bonds. The Kier molecular flexibility index (Phi) is 5.64. The second-order valence-corrected chi connectivity index (χ2v) is 8.23. The average molecular weight is 476 g/mol. The standard InChI is InChI=1S/C23H24O11/c1-29-13-6-5-10-12-8-31-14-7-9(3-4-11(14)18(12)33-19(10)20(13)30-2)32-23-17(26)15(24)16(25)21(34-23)22(27)28/h3-7,12,15-18,21,23-26H,8H2,1-2H3,(H,27,28)/t12?,15-,16-,17+,18?,21-,23+/m0/s1. The highest BCUT2D eigenvalue weighted by Gasteiger charge is 2.48. The highest BCUT2D eigenvalue weighted by molar-refractivity contribution is 5.73. The normalized spacial score (nSPS) is 31.3. The molecule has 0 aromatic heterocycles.